The van der Waals surface area contributed by atoms with Crippen LogP contribution in [0.5, 0.6) is 5.75 Å². The van der Waals surface area contributed by atoms with E-state index in [2.05, 4.69) is 17.6 Å². The molecular formula is C17H17N3O2S. The van der Waals surface area contributed by atoms with Crippen LogP contribution in [0.25, 0.3) is 16.8 Å². The Balaban J connectivity index is 1.89. The molecule has 0 spiro atoms. The van der Waals surface area contributed by atoms with Gasteiger partial charge in [0, 0.05) is 23.7 Å². The summed E-state index contributed by atoms with van der Waals surface area (Å²) in [6.07, 6.45) is 7.53. The maximum absolute atomic E-state index is 12.2. The summed E-state index contributed by atoms with van der Waals surface area (Å²) in [5.74, 6) is 1.48. The lowest BCUT2D eigenvalue weighted by atomic mass is 10.1. The number of ether oxygens (including phenoxy) is 1. The molecule has 23 heavy (non-hydrogen) atoms. The van der Waals surface area contributed by atoms with Gasteiger partial charge in [0.25, 0.3) is 5.56 Å². The number of aryl methyl sites for hydroxylation is 1. The zero-order chi connectivity index (χ0) is 16.0. The monoisotopic (exact) mass is 327 g/mol. The van der Waals surface area contributed by atoms with E-state index < -0.39 is 0 Å². The van der Waals surface area contributed by atoms with Crippen LogP contribution in [0.4, 0.5) is 0 Å². The van der Waals surface area contributed by atoms with Gasteiger partial charge in [0.05, 0.1) is 24.8 Å². The molecule has 2 heterocycles. The molecule has 0 radical (unpaired) electrons. The zero-order valence-electron chi connectivity index (χ0n) is 12.8. The molecule has 6 heteroatoms. The largest absolute Gasteiger partial charge is 0.493 e. The van der Waals surface area contributed by atoms with Crippen molar-refractivity contribution in [1.29, 1.82) is 0 Å². The van der Waals surface area contributed by atoms with E-state index in [9.17, 15) is 4.79 Å². The van der Waals surface area contributed by atoms with Gasteiger partial charge in [0.15, 0.2) is 0 Å². The van der Waals surface area contributed by atoms with Gasteiger partial charge in [-0.25, -0.2) is 4.98 Å². The minimum absolute atomic E-state index is 0.0753. The minimum atomic E-state index is -0.0753. The molecule has 5 nitrogen and oxygen atoms in total. The van der Waals surface area contributed by atoms with Crippen LogP contribution in [0.1, 0.15) is 12.8 Å². The number of hydrogen-bond donors (Lipinski definition) is 1. The standard InChI is InChI=1S/C17H17N3O2S/c1-19-8-15(20-10-18-7-14(20)17(19)21)13-6-12(23)4-5-16(13)22-9-11-2-3-11/h4-8,10-11,23H,2-3,9H2,1H3. The Morgan fingerprint density at radius 1 is 1.39 bits per heavy atom. The summed E-state index contributed by atoms with van der Waals surface area (Å²) in [5, 5.41) is 0. The average Bonchev–Trinajstić information content (AvgIpc) is 3.24. The number of fused-ring (bicyclic) bond motifs is 1. The lowest BCUT2D eigenvalue weighted by Gasteiger charge is -2.14. The first-order chi connectivity index (χ1) is 11.1. The summed E-state index contributed by atoms with van der Waals surface area (Å²) >= 11 is 4.45. The highest BCUT2D eigenvalue weighted by atomic mass is 32.1. The predicted octanol–water partition coefficient (Wildman–Crippen LogP) is 2.78. The molecule has 3 aromatic rings. The number of aromatic nitrogens is 3. The Hall–Kier alpha value is -2.21. The molecule has 1 aliphatic carbocycles. The van der Waals surface area contributed by atoms with E-state index in [1.54, 1.807) is 28.5 Å². The highest BCUT2D eigenvalue weighted by Crippen LogP contribution is 2.35. The van der Waals surface area contributed by atoms with Crippen molar-refractivity contribution >= 4 is 18.1 Å². The molecule has 2 aromatic heterocycles. The van der Waals surface area contributed by atoms with Crippen molar-refractivity contribution < 1.29 is 4.74 Å². The van der Waals surface area contributed by atoms with Gasteiger partial charge in [0.2, 0.25) is 0 Å². The fourth-order valence-electron chi connectivity index (χ4n) is 2.67. The maximum atomic E-state index is 12.2. The van der Waals surface area contributed by atoms with Crippen molar-refractivity contribution in [3.63, 3.8) is 0 Å². The Kier molecular flexibility index (Phi) is 3.41. The third kappa shape index (κ3) is 2.63. The van der Waals surface area contributed by atoms with Crippen LogP contribution in [0.3, 0.4) is 0 Å². The molecule has 4 rings (SSSR count). The van der Waals surface area contributed by atoms with Gasteiger partial charge < -0.3 is 9.30 Å². The molecule has 0 unspecified atom stereocenters. The smallest absolute Gasteiger partial charge is 0.276 e. The van der Waals surface area contributed by atoms with Gasteiger partial charge in [-0.2, -0.15) is 0 Å². The van der Waals surface area contributed by atoms with Gasteiger partial charge in [-0.05, 0) is 37.0 Å². The van der Waals surface area contributed by atoms with Crippen LogP contribution in [0.2, 0.25) is 0 Å². The fourth-order valence-corrected chi connectivity index (χ4v) is 2.87. The van der Waals surface area contributed by atoms with Crippen LogP contribution in [-0.2, 0) is 7.05 Å². The molecule has 0 N–H and O–H groups in total. The van der Waals surface area contributed by atoms with Crippen LogP contribution in [-0.4, -0.2) is 20.6 Å². The Bertz CT molecular complexity index is 941. The van der Waals surface area contributed by atoms with E-state index in [-0.39, 0.29) is 5.56 Å². The number of rotatable bonds is 4. The molecule has 1 aromatic carbocycles. The van der Waals surface area contributed by atoms with Crippen molar-refractivity contribution in [2.45, 2.75) is 17.7 Å². The molecule has 1 saturated carbocycles. The summed E-state index contributed by atoms with van der Waals surface area (Å²) < 4.78 is 9.38. The van der Waals surface area contributed by atoms with Gasteiger partial charge in [-0.1, -0.05) is 0 Å². The molecule has 118 valence electrons. The molecule has 0 amide bonds. The highest BCUT2D eigenvalue weighted by molar-refractivity contribution is 7.80. The van der Waals surface area contributed by atoms with Crippen molar-refractivity contribution in [2.24, 2.45) is 13.0 Å². The van der Waals surface area contributed by atoms with E-state index in [0.717, 1.165) is 28.5 Å². The van der Waals surface area contributed by atoms with E-state index in [4.69, 9.17) is 4.74 Å². The average molecular weight is 327 g/mol. The second-order valence-electron chi connectivity index (χ2n) is 6.01. The number of thiol groups is 1. The number of imidazole rings is 1. The lowest BCUT2D eigenvalue weighted by molar-refractivity contribution is 0.300. The normalized spacial score (nSPS) is 14.3. The highest BCUT2D eigenvalue weighted by Gasteiger charge is 2.23. The first-order valence-corrected chi connectivity index (χ1v) is 8.06. The van der Waals surface area contributed by atoms with Crippen LogP contribution in [0, 0.1) is 5.92 Å². The Morgan fingerprint density at radius 2 is 2.22 bits per heavy atom. The molecule has 1 fully saturated rings. The topological polar surface area (TPSA) is 48.5 Å². The Morgan fingerprint density at radius 3 is 3.00 bits per heavy atom. The number of nitrogens with zero attached hydrogens (tertiary/aromatic N) is 3. The van der Waals surface area contributed by atoms with Crippen molar-refractivity contribution in [1.82, 2.24) is 14.0 Å². The lowest BCUT2D eigenvalue weighted by Crippen LogP contribution is -2.19. The van der Waals surface area contributed by atoms with Crippen molar-refractivity contribution in [3.8, 4) is 17.0 Å². The molecule has 0 bridgehead atoms. The molecule has 1 aliphatic rings. The van der Waals surface area contributed by atoms with Crippen LogP contribution in [0.15, 0.2) is 46.6 Å². The van der Waals surface area contributed by atoms with Gasteiger partial charge in [0.1, 0.15) is 11.3 Å². The second-order valence-corrected chi connectivity index (χ2v) is 6.53. The second kappa shape index (κ2) is 5.45. The third-order valence-corrected chi connectivity index (χ3v) is 4.44. The van der Waals surface area contributed by atoms with E-state index in [1.807, 2.05) is 24.4 Å². The first kappa shape index (κ1) is 14.4. The molecule has 0 atom stereocenters. The third-order valence-electron chi connectivity index (χ3n) is 4.16. The molecular weight excluding hydrogens is 310 g/mol. The summed E-state index contributed by atoms with van der Waals surface area (Å²) in [6, 6.07) is 5.82. The van der Waals surface area contributed by atoms with Gasteiger partial charge in [-0.15, -0.1) is 12.6 Å². The number of benzene rings is 1. The SMILES string of the molecule is Cn1cc(-c2cc(S)ccc2OCC2CC2)n2cncc2c1=O. The summed E-state index contributed by atoms with van der Waals surface area (Å²) in [4.78, 5) is 17.2. The minimum Gasteiger partial charge on any atom is -0.493 e. The zero-order valence-corrected chi connectivity index (χ0v) is 13.7. The Labute approximate surface area is 139 Å². The summed E-state index contributed by atoms with van der Waals surface area (Å²) in [5.41, 5.74) is 2.24. The van der Waals surface area contributed by atoms with E-state index in [0.29, 0.717) is 11.4 Å². The quantitative estimate of drug-likeness (QED) is 0.750. The number of hydrogen-bond acceptors (Lipinski definition) is 4. The summed E-state index contributed by atoms with van der Waals surface area (Å²) in [6.45, 7) is 0.734. The van der Waals surface area contributed by atoms with E-state index in [1.165, 1.54) is 12.8 Å². The molecule has 0 saturated heterocycles. The first-order valence-electron chi connectivity index (χ1n) is 7.61. The summed E-state index contributed by atoms with van der Waals surface area (Å²) in [7, 11) is 1.74. The van der Waals surface area contributed by atoms with Crippen molar-refractivity contribution in [2.75, 3.05) is 6.61 Å². The van der Waals surface area contributed by atoms with Crippen LogP contribution >= 0.6 is 12.6 Å². The molecule has 0 aliphatic heterocycles. The maximum Gasteiger partial charge on any atom is 0.276 e. The van der Waals surface area contributed by atoms with E-state index >= 15 is 0 Å². The fraction of sp³-hybridized carbons (Fsp3) is 0.294. The van der Waals surface area contributed by atoms with Crippen molar-refractivity contribution in [3.05, 3.63) is 47.3 Å². The van der Waals surface area contributed by atoms with Gasteiger partial charge in [-0.3, -0.25) is 9.20 Å². The predicted molar refractivity (Wildman–Crippen MR) is 91.3 cm³/mol. The van der Waals surface area contributed by atoms with Crippen LogP contribution < -0.4 is 10.3 Å². The van der Waals surface area contributed by atoms with Gasteiger partial charge >= 0.3 is 0 Å².